The monoisotopic (exact) mass is 250 g/mol. The van der Waals surface area contributed by atoms with Gasteiger partial charge in [-0.1, -0.05) is 6.92 Å². The molecule has 1 N–H and O–H groups in total. The molecule has 0 saturated carbocycles. The van der Waals surface area contributed by atoms with Crippen LogP contribution in [0.15, 0.2) is 24.3 Å². The first-order chi connectivity index (χ1) is 8.70. The number of rotatable bonds is 2. The lowest BCUT2D eigenvalue weighted by atomic mass is 10.0. The lowest BCUT2D eigenvalue weighted by Gasteiger charge is -2.35. The van der Waals surface area contributed by atoms with Gasteiger partial charge in [0.25, 0.3) is 0 Å². The number of urea groups is 1. The van der Waals surface area contributed by atoms with Gasteiger partial charge < -0.3 is 10.2 Å². The standard InChI is InChI=1S/C14H19FN2O/c1-2-13-5-3-4-10-17(13)14(18)16-12-8-6-11(15)7-9-12/h6-9,13H,2-5,10H2,1H3,(H,16,18)/t13-/m1/s1. The molecular formula is C14H19FN2O. The van der Waals surface area contributed by atoms with E-state index in [0.717, 1.165) is 25.8 Å². The molecule has 0 unspecified atom stereocenters. The third-order valence-corrected chi connectivity index (χ3v) is 3.45. The van der Waals surface area contributed by atoms with E-state index in [0.29, 0.717) is 11.7 Å². The first-order valence-electron chi connectivity index (χ1n) is 6.54. The van der Waals surface area contributed by atoms with Crippen molar-refractivity contribution in [3.8, 4) is 0 Å². The van der Waals surface area contributed by atoms with Crippen molar-refractivity contribution in [2.24, 2.45) is 0 Å². The Balaban J connectivity index is 2.00. The molecule has 1 fully saturated rings. The fourth-order valence-electron chi connectivity index (χ4n) is 2.42. The average molecular weight is 250 g/mol. The van der Waals surface area contributed by atoms with Gasteiger partial charge in [0.15, 0.2) is 0 Å². The number of nitrogens with one attached hydrogen (secondary N) is 1. The summed E-state index contributed by atoms with van der Waals surface area (Å²) in [5.41, 5.74) is 0.641. The molecule has 2 amide bonds. The Hall–Kier alpha value is -1.58. The van der Waals surface area contributed by atoms with Gasteiger partial charge >= 0.3 is 6.03 Å². The van der Waals surface area contributed by atoms with Crippen LogP contribution < -0.4 is 5.32 Å². The maximum Gasteiger partial charge on any atom is 0.322 e. The zero-order chi connectivity index (χ0) is 13.0. The van der Waals surface area contributed by atoms with Gasteiger partial charge in [-0.05, 0) is 49.9 Å². The van der Waals surface area contributed by atoms with E-state index in [1.165, 1.54) is 18.6 Å². The molecule has 18 heavy (non-hydrogen) atoms. The van der Waals surface area contributed by atoms with E-state index < -0.39 is 0 Å². The SMILES string of the molecule is CC[C@@H]1CCCCN1C(=O)Nc1ccc(F)cc1. The normalized spacial score (nSPS) is 19.7. The van der Waals surface area contributed by atoms with E-state index in [9.17, 15) is 9.18 Å². The van der Waals surface area contributed by atoms with E-state index in [1.54, 1.807) is 12.1 Å². The fourth-order valence-corrected chi connectivity index (χ4v) is 2.42. The first-order valence-corrected chi connectivity index (χ1v) is 6.54. The Morgan fingerprint density at radius 1 is 1.39 bits per heavy atom. The molecule has 1 saturated heterocycles. The number of halogens is 1. The van der Waals surface area contributed by atoms with Crippen molar-refractivity contribution in [3.63, 3.8) is 0 Å². The Morgan fingerprint density at radius 2 is 2.11 bits per heavy atom. The third kappa shape index (κ3) is 3.00. The van der Waals surface area contributed by atoms with Crippen LogP contribution in [0.5, 0.6) is 0 Å². The topological polar surface area (TPSA) is 32.3 Å². The van der Waals surface area contributed by atoms with Crippen molar-refractivity contribution in [2.75, 3.05) is 11.9 Å². The molecular weight excluding hydrogens is 231 g/mol. The highest BCUT2D eigenvalue weighted by Crippen LogP contribution is 2.20. The summed E-state index contributed by atoms with van der Waals surface area (Å²) in [5.74, 6) is -0.294. The highest BCUT2D eigenvalue weighted by Gasteiger charge is 2.25. The van der Waals surface area contributed by atoms with Crippen LogP contribution in [0.3, 0.4) is 0 Å². The maximum atomic E-state index is 12.8. The molecule has 3 nitrogen and oxygen atoms in total. The Bertz CT molecular complexity index is 405. The summed E-state index contributed by atoms with van der Waals surface area (Å²) in [6.07, 6.45) is 4.32. The number of piperidine rings is 1. The summed E-state index contributed by atoms with van der Waals surface area (Å²) in [5, 5.41) is 2.82. The van der Waals surface area contributed by atoms with Crippen LogP contribution in [0.2, 0.25) is 0 Å². The van der Waals surface area contributed by atoms with Crippen molar-refractivity contribution in [1.29, 1.82) is 0 Å². The predicted octanol–water partition coefficient (Wildman–Crippen LogP) is 3.62. The highest BCUT2D eigenvalue weighted by atomic mass is 19.1. The van der Waals surface area contributed by atoms with Crippen LogP contribution in [0, 0.1) is 5.82 Å². The van der Waals surface area contributed by atoms with E-state index in [1.807, 2.05) is 4.90 Å². The number of amides is 2. The minimum Gasteiger partial charge on any atom is -0.322 e. The van der Waals surface area contributed by atoms with Crippen LogP contribution in [-0.2, 0) is 0 Å². The Kier molecular flexibility index (Phi) is 4.18. The van der Waals surface area contributed by atoms with Crippen molar-refractivity contribution >= 4 is 11.7 Å². The van der Waals surface area contributed by atoms with Crippen molar-refractivity contribution in [2.45, 2.75) is 38.6 Å². The second-order valence-corrected chi connectivity index (χ2v) is 4.69. The second kappa shape index (κ2) is 5.85. The summed E-state index contributed by atoms with van der Waals surface area (Å²) in [4.78, 5) is 14.0. The van der Waals surface area contributed by atoms with Gasteiger partial charge in [-0.3, -0.25) is 0 Å². The molecule has 1 heterocycles. The molecule has 98 valence electrons. The summed E-state index contributed by atoms with van der Waals surface area (Å²) in [7, 11) is 0. The molecule has 0 radical (unpaired) electrons. The number of carbonyl (C=O) groups is 1. The summed E-state index contributed by atoms with van der Waals surface area (Å²) < 4.78 is 12.8. The minimum atomic E-state index is -0.294. The summed E-state index contributed by atoms with van der Waals surface area (Å²) >= 11 is 0. The third-order valence-electron chi connectivity index (χ3n) is 3.45. The van der Waals surface area contributed by atoms with E-state index in [4.69, 9.17) is 0 Å². The largest absolute Gasteiger partial charge is 0.322 e. The Labute approximate surface area is 107 Å². The van der Waals surface area contributed by atoms with Crippen molar-refractivity contribution in [3.05, 3.63) is 30.1 Å². The van der Waals surface area contributed by atoms with E-state index in [2.05, 4.69) is 12.2 Å². The molecule has 2 rings (SSSR count). The number of carbonyl (C=O) groups excluding carboxylic acids is 1. The first kappa shape index (κ1) is 12.9. The number of anilines is 1. The van der Waals surface area contributed by atoms with Crippen LogP contribution in [0.4, 0.5) is 14.9 Å². The molecule has 0 bridgehead atoms. The van der Waals surface area contributed by atoms with Gasteiger partial charge in [0, 0.05) is 18.3 Å². The lowest BCUT2D eigenvalue weighted by molar-refractivity contribution is 0.160. The minimum absolute atomic E-state index is 0.0758. The fraction of sp³-hybridized carbons (Fsp3) is 0.500. The van der Waals surface area contributed by atoms with Gasteiger partial charge in [0.1, 0.15) is 5.82 Å². The second-order valence-electron chi connectivity index (χ2n) is 4.69. The smallest absolute Gasteiger partial charge is 0.322 e. The van der Waals surface area contributed by atoms with E-state index >= 15 is 0 Å². The molecule has 1 aliphatic rings. The number of likely N-dealkylation sites (tertiary alicyclic amines) is 1. The lowest BCUT2D eigenvalue weighted by Crippen LogP contribution is -2.45. The van der Waals surface area contributed by atoms with Crippen LogP contribution in [0.25, 0.3) is 0 Å². The zero-order valence-electron chi connectivity index (χ0n) is 10.7. The van der Waals surface area contributed by atoms with Crippen LogP contribution >= 0.6 is 0 Å². The average Bonchev–Trinajstić information content (AvgIpc) is 2.41. The number of hydrogen-bond donors (Lipinski definition) is 1. The predicted molar refractivity (Wildman–Crippen MR) is 70.1 cm³/mol. The molecule has 1 aromatic rings. The summed E-state index contributed by atoms with van der Waals surface area (Å²) in [6.45, 7) is 2.92. The van der Waals surface area contributed by atoms with Gasteiger partial charge in [-0.2, -0.15) is 0 Å². The van der Waals surface area contributed by atoms with Crippen molar-refractivity contribution in [1.82, 2.24) is 4.90 Å². The number of nitrogens with zero attached hydrogens (tertiary/aromatic N) is 1. The van der Waals surface area contributed by atoms with Crippen LogP contribution in [-0.4, -0.2) is 23.5 Å². The van der Waals surface area contributed by atoms with Gasteiger partial charge in [-0.25, -0.2) is 9.18 Å². The zero-order valence-corrected chi connectivity index (χ0v) is 10.7. The quantitative estimate of drug-likeness (QED) is 0.854. The molecule has 4 heteroatoms. The van der Waals surface area contributed by atoms with Gasteiger partial charge in [0.2, 0.25) is 0 Å². The summed E-state index contributed by atoms with van der Waals surface area (Å²) in [6, 6.07) is 6.12. The van der Waals surface area contributed by atoms with E-state index in [-0.39, 0.29) is 11.8 Å². The molecule has 1 aliphatic heterocycles. The van der Waals surface area contributed by atoms with Crippen molar-refractivity contribution < 1.29 is 9.18 Å². The molecule has 0 aliphatic carbocycles. The number of hydrogen-bond acceptors (Lipinski definition) is 1. The molecule has 1 aromatic carbocycles. The highest BCUT2D eigenvalue weighted by molar-refractivity contribution is 5.89. The molecule has 0 spiro atoms. The van der Waals surface area contributed by atoms with Gasteiger partial charge in [-0.15, -0.1) is 0 Å². The Morgan fingerprint density at radius 3 is 2.78 bits per heavy atom. The maximum absolute atomic E-state index is 12.8. The van der Waals surface area contributed by atoms with Crippen LogP contribution in [0.1, 0.15) is 32.6 Å². The van der Waals surface area contributed by atoms with Gasteiger partial charge in [0.05, 0.1) is 0 Å². The molecule has 0 aromatic heterocycles. The number of benzene rings is 1. The molecule has 1 atom stereocenters.